The van der Waals surface area contributed by atoms with E-state index in [9.17, 15) is 0 Å². The molecule has 0 bridgehead atoms. The second-order valence-electron chi connectivity index (χ2n) is 5.54. The van der Waals surface area contributed by atoms with Crippen LogP contribution in [0.5, 0.6) is 0 Å². The van der Waals surface area contributed by atoms with E-state index >= 15 is 0 Å². The highest BCUT2D eigenvalue weighted by atomic mass is 16.5. The van der Waals surface area contributed by atoms with Crippen LogP contribution in [0.1, 0.15) is 43.7 Å². The molecule has 0 aromatic heterocycles. The van der Waals surface area contributed by atoms with Crippen LogP contribution in [-0.4, -0.2) is 13.2 Å². The number of hydrogen-bond donors (Lipinski definition) is 1. The molecule has 1 aliphatic carbocycles. The van der Waals surface area contributed by atoms with Gasteiger partial charge in [0.2, 0.25) is 0 Å². The van der Waals surface area contributed by atoms with Crippen LogP contribution in [0.15, 0.2) is 24.3 Å². The molecule has 1 saturated carbocycles. The van der Waals surface area contributed by atoms with Crippen molar-refractivity contribution in [2.24, 2.45) is 5.92 Å². The quantitative estimate of drug-likeness (QED) is 0.860. The van der Waals surface area contributed by atoms with E-state index in [4.69, 9.17) is 4.74 Å². The Morgan fingerprint density at radius 2 is 1.78 bits per heavy atom. The van der Waals surface area contributed by atoms with E-state index in [-0.39, 0.29) is 0 Å². The van der Waals surface area contributed by atoms with Gasteiger partial charge in [0.05, 0.1) is 6.61 Å². The van der Waals surface area contributed by atoms with Gasteiger partial charge in [-0.3, -0.25) is 0 Å². The van der Waals surface area contributed by atoms with Gasteiger partial charge in [0.15, 0.2) is 0 Å². The van der Waals surface area contributed by atoms with Crippen molar-refractivity contribution in [1.29, 1.82) is 0 Å². The van der Waals surface area contributed by atoms with Gasteiger partial charge < -0.3 is 10.1 Å². The Morgan fingerprint density at radius 1 is 1.11 bits per heavy atom. The zero-order valence-corrected chi connectivity index (χ0v) is 11.6. The highest BCUT2D eigenvalue weighted by Gasteiger charge is 2.17. The van der Waals surface area contributed by atoms with Crippen molar-refractivity contribution < 1.29 is 4.74 Å². The molecule has 1 aliphatic rings. The lowest BCUT2D eigenvalue weighted by atomic mass is 9.87. The second-order valence-corrected chi connectivity index (χ2v) is 5.54. The van der Waals surface area contributed by atoms with Gasteiger partial charge >= 0.3 is 0 Å². The first-order valence-electron chi connectivity index (χ1n) is 7.08. The molecule has 0 atom stereocenters. The molecule has 100 valence electrons. The van der Waals surface area contributed by atoms with Crippen LogP contribution in [0.4, 0.5) is 0 Å². The van der Waals surface area contributed by atoms with Gasteiger partial charge in [0.1, 0.15) is 0 Å². The van der Waals surface area contributed by atoms with Gasteiger partial charge in [0, 0.05) is 19.7 Å². The Balaban J connectivity index is 1.86. The SMILES string of the molecule is COCc1ccccc1CNC1CCC(C)CC1. The van der Waals surface area contributed by atoms with Crippen molar-refractivity contribution in [1.82, 2.24) is 5.32 Å². The number of ether oxygens (including phenoxy) is 1. The lowest BCUT2D eigenvalue weighted by Gasteiger charge is -2.27. The van der Waals surface area contributed by atoms with E-state index in [1.165, 1.54) is 36.8 Å². The van der Waals surface area contributed by atoms with Crippen LogP contribution in [0.3, 0.4) is 0 Å². The van der Waals surface area contributed by atoms with Crippen LogP contribution >= 0.6 is 0 Å². The van der Waals surface area contributed by atoms with Crippen LogP contribution in [0.25, 0.3) is 0 Å². The number of nitrogens with one attached hydrogen (secondary N) is 1. The molecular weight excluding hydrogens is 222 g/mol. The summed E-state index contributed by atoms with van der Waals surface area (Å²) in [7, 11) is 1.76. The normalized spacial score (nSPS) is 24.1. The minimum atomic E-state index is 0.705. The summed E-state index contributed by atoms with van der Waals surface area (Å²) in [5.41, 5.74) is 2.68. The van der Waals surface area contributed by atoms with Crippen molar-refractivity contribution in [2.75, 3.05) is 7.11 Å². The lowest BCUT2D eigenvalue weighted by Crippen LogP contribution is -2.32. The maximum absolute atomic E-state index is 5.25. The largest absolute Gasteiger partial charge is 0.380 e. The molecule has 0 radical (unpaired) electrons. The summed E-state index contributed by atoms with van der Waals surface area (Å²) in [6, 6.07) is 9.26. The Labute approximate surface area is 111 Å². The maximum atomic E-state index is 5.25. The molecule has 2 rings (SSSR count). The van der Waals surface area contributed by atoms with Crippen LogP contribution in [0.2, 0.25) is 0 Å². The van der Waals surface area contributed by atoms with Gasteiger partial charge in [-0.25, -0.2) is 0 Å². The summed E-state index contributed by atoms with van der Waals surface area (Å²) in [6.45, 7) is 4.04. The fourth-order valence-electron chi connectivity index (χ4n) is 2.74. The summed E-state index contributed by atoms with van der Waals surface area (Å²) < 4.78 is 5.25. The van der Waals surface area contributed by atoms with Crippen molar-refractivity contribution >= 4 is 0 Å². The van der Waals surface area contributed by atoms with Crippen molar-refractivity contribution in [2.45, 2.75) is 51.8 Å². The highest BCUT2D eigenvalue weighted by molar-refractivity contribution is 5.26. The minimum absolute atomic E-state index is 0.705. The highest BCUT2D eigenvalue weighted by Crippen LogP contribution is 2.23. The smallest absolute Gasteiger partial charge is 0.0716 e. The molecule has 18 heavy (non-hydrogen) atoms. The standard InChI is InChI=1S/C16H25NO/c1-13-7-9-16(10-8-13)17-11-14-5-3-4-6-15(14)12-18-2/h3-6,13,16-17H,7-12H2,1-2H3. The van der Waals surface area contributed by atoms with Crippen LogP contribution in [0, 0.1) is 5.92 Å². The average Bonchev–Trinajstić information content (AvgIpc) is 2.40. The second kappa shape index (κ2) is 6.91. The molecule has 1 aromatic rings. The Morgan fingerprint density at radius 3 is 2.44 bits per heavy atom. The molecule has 0 aliphatic heterocycles. The van der Waals surface area contributed by atoms with E-state index < -0.39 is 0 Å². The summed E-state index contributed by atoms with van der Waals surface area (Å²) in [5, 5.41) is 3.70. The predicted octanol–water partition coefficient (Wildman–Crippen LogP) is 3.50. The van der Waals surface area contributed by atoms with Gasteiger partial charge in [-0.05, 0) is 42.7 Å². The molecule has 0 spiro atoms. The average molecular weight is 247 g/mol. The molecule has 1 fully saturated rings. The molecule has 2 heteroatoms. The number of methoxy groups -OCH3 is 1. The van der Waals surface area contributed by atoms with E-state index in [1.807, 2.05) is 0 Å². The molecule has 1 N–H and O–H groups in total. The zero-order chi connectivity index (χ0) is 12.8. The molecule has 2 nitrogen and oxygen atoms in total. The van der Waals surface area contributed by atoms with Crippen molar-refractivity contribution in [3.05, 3.63) is 35.4 Å². The minimum Gasteiger partial charge on any atom is -0.380 e. The molecular formula is C16H25NO. The monoisotopic (exact) mass is 247 g/mol. The van der Waals surface area contributed by atoms with Gasteiger partial charge in [0.25, 0.3) is 0 Å². The first kappa shape index (κ1) is 13.6. The Bertz CT molecular complexity index is 356. The fourth-order valence-corrected chi connectivity index (χ4v) is 2.74. The van der Waals surface area contributed by atoms with Crippen molar-refractivity contribution in [3.63, 3.8) is 0 Å². The number of rotatable bonds is 5. The fraction of sp³-hybridized carbons (Fsp3) is 0.625. The number of benzene rings is 1. The topological polar surface area (TPSA) is 21.3 Å². The van der Waals surface area contributed by atoms with E-state index in [1.54, 1.807) is 7.11 Å². The molecule has 0 amide bonds. The van der Waals surface area contributed by atoms with E-state index in [0.29, 0.717) is 12.6 Å². The summed E-state index contributed by atoms with van der Waals surface area (Å²) in [4.78, 5) is 0. The van der Waals surface area contributed by atoms with Gasteiger partial charge in [-0.2, -0.15) is 0 Å². The first-order valence-corrected chi connectivity index (χ1v) is 7.08. The molecule has 0 heterocycles. The van der Waals surface area contributed by atoms with Crippen molar-refractivity contribution in [3.8, 4) is 0 Å². The van der Waals surface area contributed by atoms with Crippen LogP contribution in [-0.2, 0) is 17.9 Å². The van der Waals surface area contributed by atoms with E-state index in [2.05, 4.69) is 36.5 Å². The van der Waals surface area contributed by atoms with Crippen LogP contribution < -0.4 is 5.32 Å². The summed E-state index contributed by atoms with van der Waals surface area (Å²) >= 11 is 0. The van der Waals surface area contributed by atoms with E-state index in [0.717, 1.165) is 12.5 Å². The zero-order valence-electron chi connectivity index (χ0n) is 11.6. The maximum Gasteiger partial charge on any atom is 0.0716 e. The summed E-state index contributed by atoms with van der Waals surface area (Å²) in [5.74, 6) is 0.920. The summed E-state index contributed by atoms with van der Waals surface area (Å²) in [6.07, 6.45) is 5.40. The molecule has 1 aromatic carbocycles. The molecule has 0 saturated heterocycles. The Kier molecular flexibility index (Phi) is 5.21. The lowest BCUT2D eigenvalue weighted by molar-refractivity contribution is 0.184. The molecule has 0 unspecified atom stereocenters. The third-order valence-electron chi connectivity index (χ3n) is 4.02. The number of hydrogen-bond acceptors (Lipinski definition) is 2. The predicted molar refractivity (Wildman–Crippen MR) is 75.4 cm³/mol. The van der Waals surface area contributed by atoms with Gasteiger partial charge in [-0.15, -0.1) is 0 Å². The Hall–Kier alpha value is -0.860. The first-order chi connectivity index (χ1) is 8.79. The van der Waals surface area contributed by atoms with Gasteiger partial charge in [-0.1, -0.05) is 31.2 Å². The third-order valence-corrected chi connectivity index (χ3v) is 4.02. The third kappa shape index (κ3) is 3.82.